The molecule has 0 aromatic heterocycles. The molecule has 5 heteroatoms. The molecule has 1 aliphatic rings. The number of sulfone groups is 1. The fraction of sp³-hybridized carbons (Fsp3) is 1.00. The van der Waals surface area contributed by atoms with Gasteiger partial charge in [-0.05, 0) is 13.0 Å². The molecule has 1 heterocycles. The molecule has 0 aliphatic carbocycles. The Bertz CT molecular complexity index is 240. The minimum Gasteiger partial charge on any atom is -0.314 e. The summed E-state index contributed by atoms with van der Waals surface area (Å²) in [6.45, 7) is 1.01. The predicted octanol–water partition coefficient (Wildman–Crippen LogP) is -0.0214. The lowest BCUT2D eigenvalue weighted by molar-refractivity contribution is 0.196. The van der Waals surface area contributed by atoms with Crippen LogP contribution in [0.5, 0.6) is 0 Å². The zero-order valence-electron chi connectivity index (χ0n) is 7.09. The Morgan fingerprint density at radius 1 is 1.58 bits per heavy atom. The van der Waals surface area contributed by atoms with E-state index in [9.17, 15) is 12.8 Å². The van der Waals surface area contributed by atoms with Gasteiger partial charge < -0.3 is 5.32 Å². The highest BCUT2D eigenvalue weighted by Crippen LogP contribution is 2.17. The molecule has 0 aromatic rings. The van der Waals surface area contributed by atoms with Crippen molar-refractivity contribution in [3.8, 4) is 0 Å². The Balaban J connectivity index is 2.50. The fourth-order valence-corrected chi connectivity index (χ4v) is 2.60. The minimum atomic E-state index is -3.02. The summed E-state index contributed by atoms with van der Waals surface area (Å²) in [6, 6.07) is 0. The SMILES string of the molecule is CS(=O)(=O)CC1CCNCC1F. The fourth-order valence-electron chi connectivity index (χ4n) is 1.45. The van der Waals surface area contributed by atoms with E-state index in [1.165, 1.54) is 0 Å². The van der Waals surface area contributed by atoms with E-state index in [1.54, 1.807) is 0 Å². The second-order valence-corrected chi connectivity index (χ2v) is 5.55. The van der Waals surface area contributed by atoms with Crippen LogP contribution in [-0.2, 0) is 9.84 Å². The maximum atomic E-state index is 13.1. The molecule has 1 fully saturated rings. The van der Waals surface area contributed by atoms with Crippen molar-refractivity contribution in [1.82, 2.24) is 5.32 Å². The van der Waals surface area contributed by atoms with Crippen LogP contribution in [0.1, 0.15) is 6.42 Å². The first kappa shape index (κ1) is 9.92. The summed E-state index contributed by atoms with van der Waals surface area (Å²) in [4.78, 5) is 0. The molecule has 0 spiro atoms. The second kappa shape index (κ2) is 3.70. The predicted molar refractivity (Wildman–Crippen MR) is 45.6 cm³/mol. The normalized spacial score (nSPS) is 31.8. The number of alkyl halides is 1. The van der Waals surface area contributed by atoms with Crippen LogP contribution in [0.15, 0.2) is 0 Å². The van der Waals surface area contributed by atoms with E-state index < -0.39 is 16.0 Å². The number of hydrogen-bond acceptors (Lipinski definition) is 3. The average molecular weight is 195 g/mol. The molecule has 2 atom stereocenters. The van der Waals surface area contributed by atoms with E-state index in [1.807, 2.05) is 0 Å². The van der Waals surface area contributed by atoms with Crippen molar-refractivity contribution in [3.05, 3.63) is 0 Å². The van der Waals surface area contributed by atoms with Gasteiger partial charge in [-0.15, -0.1) is 0 Å². The van der Waals surface area contributed by atoms with Gasteiger partial charge in [-0.25, -0.2) is 12.8 Å². The lowest BCUT2D eigenvalue weighted by Gasteiger charge is -2.25. The summed E-state index contributed by atoms with van der Waals surface area (Å²) in [5.74, 6) is -0.322. The Kier molecular flexibility index (Phi) is 3.06. The molecule has 72 valence electrons. The molecule has 1 N–H and O–H groups in total. The highest BCUT2D eigenvalue weighted by Gasteiger charge is 2.27. The van der Waals surface area contributed by atoms with E-state index in [0.717, 1.165) is 12.8 Å². The summed E-state index contributed by atoms with van der Waals surface area (Å²) < 4.78 is 34.8. The van der Waals surface area contributed by atoms with Crippen molar-refractivity contribution in [2.45, 2.75) is 12.6 Å². The second-order valence-electron chi connectivity index (χ2n) is 3.36. The average Bonchev–Trinajstić information content (AvgIpc) is 1.91. The van der Waals surface area contributed by atoms with Crippen LogP contribution in [0.3, 0.4) is 0 Å². The quantitative estimate of drug-likeness (QED) is 0.673. The molecule has 0 radical (unpaired) electrons. The van der Waals surface area contributed by atoms with E-state index in [-0.39, 0.29) is 11.7 Å². The molecule has 0 amide bonds. The van der Waals surface area contributed by atoms with Crippen LogP contribution in [0.2, 0.25) is 0 Å². The van der Waals surface area contributed by atoms with Crippen molar-refractivity contribution < 1.29 is 12.8 Å². The molecule has 0 saturated carbocycles. The van der Waals surface area contributed by atoms with Gasteiger partial charge in [0.15, 0.2) is 0 Å². The number of hydrogen-bond donors (Lipinski definition) is 1. The molecule has 12 heavy (non-hydrogen) atoms. The number of piperidine rings is 1. The number of nitrogens with one attached hydrogen (secondary N) is 1. The lowest BCUT2D eigenvalue weighted by Crippen LogP contribution is -2.40. The lowest BCUT2D eigenvalue weighted by atomic mass is 9.99. The summed E-state index contributed by atoms with van der Waals surface area (Å²) >= 11 is 0. The van der Waals surface area contributed by atoms with E-state index in [4.69, 9.17) is 0 Å². The number of rotatable bonds is 2. The Hall–Kier alpha value is -0.160. The van der Waals surface area contributed by atoms with E-state index >= 15 is 0 Å². The van der Waals surface area contributed by atoms with Gasteiger partial charge in [-0.1, -0.05) is 0 Å². The first-order valence-corrected chi connectivity index (χ1v) is 6.07. The molecule has 2 unspecified atom stereocenters. The van der Waals surface area contributed by atoms with Crippen molar-refractivity contribution in [1.29, 1.82) is 0 Å². The summed E-state index contributed by atoms with van der Waals surface area (Å²) in [5.41, 5.74) is 0. The van der Waals surface area contributed by atoms with Crippen molar-refractivity contribution >= 4 is 9.84 Å². The summed E-state index contributed by atoms with van der Waals surface area (Å²) in [6.07, 6.45) is 0.768. The van der Waals surface area contributed by atoms with Crippen molar-refractivity contribution in [3.63, 3.8) is 0 Å². The minimum absolute atomic E-state index is 0.0180. The first-order chi connectivity index (χ1) is 5.49. The third-order valence-corrected chi connectivity index (χ3v) is 3.09. The molecule has 1 saturated heterocycles. The molecular weight excluding hydrogens is 181 g/mol. The van der Waals surface area contributed by atoms with Crippen molar-refractivity contribution in [2.24, 2.45) is 5.92 Å². The smallest absolute Gasteiger partial charge is 0.147 e. The summed E-state index contributed by atoms with van der Waals surface area (Å²) in [5, 5.41) is 2.88. The Morgan fingerprint density at radius 3 is 2.75 bits per heavy atom. The van der Waals surface area contributed by atoms with Gasteiger partial charge >= 0.3 is 0 Å². The zero-order valence-corrected chi connectivity index (χ0v) is 7.90. The third-order valence-electron chi connectivity index (χ3n) is 2.06. The molecule has 1 aliphatic heterocycles. The number of halogens is 1. The first-order valence-electron chi connectivity index (χ1n) is 4.01. The van der Waals surface area contributed by atoms with Gasteiger partial charge in [0.2, 0.25) is 0 Å². The highest BCUT2D eigenvalue weighted by atomic mass is 32.2. The van der Waals surface area contributed by atoms with Gasteiger partial charge in [0.05, 0.1) is 5.75 Å². The van der Waals surface area contributed by atoms with Crippen LogP contribution >= 0.6 is 0 Å². The molecular formula is C7H14FNO2S. The summed E-state index contributed by atoms with van der Waals surface area (Å²) in [7, 11) is -3.02. The maximum absolute atomic E-state index is 13.1. The zero-order chi connectivity index (χ0) is 9.19. The van der Waals surface area contributed by atoms with Gasteiger partial charge in [0.25, 0.3) is 0 Å². The monoisotopic (exact) mass is 195 g/mol. The van der Waals surface area contributed by atoms with Gasteiger partial charge in [-0.3, -0.25) is 0 Å². The Labute approximate surface area is 72.3 Å². The van der Waals surface area contributed by atoms with Crippen molar-refractivity contribution in [2.75, 3.05) is 25.1 Å². The molecule has 0 bridgehead atoms. The van der Waals surface area contributed by atoms with Crippen LogP contribution in [-0.4, -0.2) is 39.7 Å². The third kappa shape index (κ3) is 3.06. The topological polar surface area (TPSA) is 46.2 Å². The largest absolute Gasteiger partial charge is 0.314 e. The van der Waals surface area contributed by atoms with E-state index in [0.29, 0.717) is 13.0 Å². The van der Waals surface area contributed by atoms with Crippen LogP contribution < -0.4 is 5.32 Å². The van der Waals surface area contributed by atoms with Crippen LogP contribution in [0, 0.1) is 5.92 Å². The molecule has 3 nitrogen and oxygen atoms in total. The molecule has 0 aromatic carbocycles. The maximum Gasteiger partial charge on any atom is 0.147 e. The Morgan fingerprint density at radius 2 is 2.25 bits per heavy atom. The molecule has 1 rings (SSSR count). The highest BCUT2D eigenvalue weighted by molar-refractivity contribution is 7.90. The van der Waals surface area contributed by atoms with Crippen LogP contribution in [0.4, 0.5) is 4.39 Å². The van der Waals surface area contributed by atoms with E-state index in [2.05, 4.69) is 5.32 Å². The van der Waals surface area contributed by atoms with Crippen LogP contribution in [0.25, 0.3) is 0 Å². The van der Waals surface area contributed by atoms with Gasteiger partial charge in [-0.2, -0.15) is 0 Å². The van der Waals surface area contributed by atoms with Gasteiger partial charge in [0, 0.05) is 18.7 Å². The van der Waals surface area contributed by atoms with Gasteiger partial charge in [0.1, 0.15) is 16.0 Å². The standard InChI is InChI=1S/C7H14FNO2S/c1-12(10,11)5-6-2-3-9-4-7(6)8/h6-7,9H,2-5H2,1H3.